The van der Waals surface area contributed by atoms with Crippen LogP contribution in [0, 0.1) is 11.8 Å². The Labute approximate surface area is 66.9 Å². The zero-order valence-electron chi connectivity index (χ0n) is 6.88. The molecule has 1 fully saturated rings. The van der Waals surface area contributed by atoms with Gasteiger partial charge in [-0.15, -0.1) is 0 Å². The summed E-state index contributed by atoms with van der Waals surface area (Å²) < 4.78 is 0. The van der Waals surface area contributed by atoms with E-state index in [4.69, 9.17) is 5.90 Å². The van der Waals surface area contributed by atoms with Crippen LogP contribution in [0.5, 0.6) is 0 Å². The highest BCUT2D eigenvalue weighted by atomic mass is 16.7. The van der Waals surface area contributed by atoms with Crippen LogP contribution in [-0.4, -0.2) is 5.97 Å². The normalized spacial score (nSPS) is 31.5. The van der Waals surface area contributed by atoms with Crippen LogP contribution < -0.4 is 5.90 Å². The zero-order valence-corrected chi connectivity index (χ0v) is 6.88. The van der Waals surface area contributed by atoms with E-state index < -0.39 is 0 Å². The molecule has 0 aromatic heterocycles. The third-order valence-electron chi connectivity index (χ3n) is 2.47. The van der Waals surface area contributed by atoms with E-state index in [0.29, 0.717) is 0 Å². The maximum Gasteiger partial charge on any atom is 0.327 e. The summed E-state index contributed by atoms with van der Waals surface area (Å²) in [7, 11) is 0. The Balaban J connectivity index is 2.33. The molecule has 0 bridgehead atoms. The fourth-order valence-corrected chi connectivity index (χ4v) is 1.59. The first-order valence-corrected chi connectivity index (χ1v) is 4.14. The molecule has 64 valence electrons. The van der Waals surface area contributed by atoms with E-state index >= 15 is 0 Å². The lowest BCUT2D eigenvalue weighted by molar-refractivity contribution is -0.150. The summed E-state index contributed by atoms with van der Waals surface area (Å²) in [6.07, 6.45) is 4.13. The van der Waals surface area contributed by atoms with E-state index in [9.17, 15) is 4.79 Å². The lowest BCUT2D eigenvalue weighted by Gasteiger charge is -2.23. The molecule has 0 aromatic carbocycles. The van der Waals surface area contributed by atoms with Crippen LogP contribution >= 0.6 is 0 Å². The third-order valence-corrected chi connectivity index (χ3v) is 2.47. The summed E-state index contributed by atoms with van der Waals surface area (Å²) in [6.45, 7) is 2.21. The first kappa shape index (κ1) is 8.53. The van der Waals surface area contributed by atoms with Crippen LogP contribution in [-0.2, 0) is 9.63 Å². The maximum atomic E-state index is 10.9. The fourth-order valence-electron chi connectivity index (χ4n) is 1.59. The summed E-state index contributed by atoms with van der Waals surface area (Å²) >= 11 is 0. The van der Waals surface area contributed by atoms with Gasteiger partial charge >= 0.3 is 5.97 Å². The van der Waals surface area contributed by atoms with E-state index in [2.05, 4.69) is 11.8 Å². The van der Waals surface area contributed by atoms with Gasteiger partial charge in [-0.1, -0.05) is 6.92 Å². The third kappa shape index (κ3) is 2.19. The first-order valence-electron chi connectivity index (χ1n) is 4.14. The van der Waals surface area contributed by atoms with Crippen molar-refractivity contribution in [3.63, 3.8) is 0 Å². The van der Waals surface area contributed by atoms with Gasteiger partial charge in [-0.3, -0.25) is 4.79 Å². The molecule has 0 aromatic rings. The molecule has 3 heteroatoms. The minimum Gasteiger partial charge on any atom is -0.373 e. The molecule has 0 aliphatic heterocycles. The standard InChI is InChI=1S/C8H15NO2/c1-6-2-4-7(5-3-6)8(10)11-9/h6-7H,2-5,9H2,1H3. The molecular formula is C8H15NO2. The van der Waals surface area contributed by atoms with Gasteiger partial charge in [0.05, 0.1) is 5.92 Å². The predicted octanol–water partition coefficient (Wildman–Crippen LogP) is 1.23. The van der Waals surface area contributed by atoms with Crippen molar-refractivity contribution in [1.29, 1.82) is 0 Å². The van der Waals surface area contributed by atoms with Crippen LogP contribution in [0.15, 0.2) is 0 Å². The molecule has 0 amide bonds. The topological polar surface area (TPSA) is 52.3 Å². The molecule has 0 radical (unpaired) electrons. The minimum atomic E-state index is -0.239. The Bertz CT molecular complexity index is 139. The molecule has 0 atom stereocenters. The number of hydrogen-bond donors (Lipinski definition) is 1. The molecule has 0 heterocycles. The highest BCUT2D eigenvalue weighted by molar-refractivity contribution is 5.72. The van der Waals surface area contributed by atoms with Crippen molar-refractivity contribution < 1.29 is 9.63 Å². The number of nitrogens with two attached hydrogens (primary N) is 1. The van der Waals surface area contributed by atoms with E-state index in [1.54, 1.807) is 0 Å². The van der Waals surface area contributed by atoms with Crippen LogP contribution in [0.3, 0.4) is 0 Å². The minimum absolute atomic E-state index is 0.0659. The molecule has 1 aliphatic carbocycles. The average molecular weight is 157 g/mol. The average Bonchev–Trinajstić information content (AvgIpc) is 2.05. The second-order valence-electron chi connectivity index (χ2n) is 3.39. The molecule has 0 unspecified atom stereocenters. The Hall–Kier alpha value is -0.570. The monoisotopic (exact) mass is 157 g/mol. The van der Waals surface area contributed by atoms with Crippen molar-refractivity contribution in [3.8, 4) is 0 Å². The van der Waals surface area contributed by atoms with Crippen LogP contribution in [0.1, 0.15) is 32.6 Å². The predicted molar refractivity (Wildman–Crippen MR) is 41.4 cm³/mol. The van der Waals surface area contributed by atoms with Crippen molar-refractivity contribution in [2.45, 2.75) is 32.6 Å². The van der Waals surface area contributed by atoms with Crippen molar-refractivity contribution in [1.82, 2.24) is 0 Å². The highest BCUT2D eigenvalue weighted by Crippen LogP contribution is 2.28. The van der Waals surface area contributed by atoms with Gasteiger partial charge in [0, 0.05) is 0 Å². The Morgan fingerprint density at radius 3 is 2.36 bits per heavy atom. The van der Waals surface area contributed by atoms with Gasteiger partial charge in [0.15, 0.2) is 0 Å². The molecule has 3 nitrogen and oxygen atoms in total. The summed E-state index contributed by atoms with van der Waals surface area (Å²) in [5, 5.41) is 0. The summed E-state index contributed by atoms with van der Waals surface area (Å²) in [4.78, 5) is 15.1. The second kappa shape index (κ2) is 3.72. The lowest BCUT2D eigenvalue weighted by atomic mass is 9.83. The maximum absolute atomic E-state index is 10.9. The summed E-state index contributed by atoms with van der Waals surface area (Å²) in [5.41, 5.74) is 0. The summed E-state index contributed by atoms with van der Waals surface area (Å²) in [5.74, 6) is 5.38. The van der Waals surface area contributed by atoms with Crippen LogP contribution in [0.2, 0.25) is 0 Å². The molecule has 1 rings (SSSR count). The van der Waals surface area contributed by atoms with E-state index in [-0.39, 0.29) is 11.9 Å². The smallest absolute Gasteiger partial charge is 0.327 e. The van der Waals surface area contributed by atoms with Crippen molar-refractivity contribution in [3.05, 3.63) is 0 Å². The zero-order chi connectivity index (χ0) is 8.27. The molecule has 1 aliphatic rings. The van der Waals surface area contributed by atoms with E-state index in [0.717, 1.165) is 31.6 Å². The van der Waals surface area contributed by atoms with Gasteiger partial charge in [0.1, 0.15) is 0 Å². The number of carbonyl (C=O) groups is 1. The van der Waals surface area contributed by atoms with Gasteiger partial charge < -0.3 is 4.84 Å². The second-order valence-corrected chi connectivity index (χ2v) is 3.39. The van der Waals surface area contributed by atoms with E-state index in [1.807, 2.05) is 0 Å². The van der Waals surface area contributed by atoms with Gasteiger partial charge in [-0.05, 0) is 31.6 Å². The van der Waals surface area contributed by atoms with Crippen LogP contribution in [0.25, 0.3) is 0 Å². The van der Waals surface area contributed by atoms with Crippen molar-refractivity contribution in [2.75, 3.05) is 0 Å². The quantitative estimate of drug-likeness (QED) is 0.582. The Morgan fingerprint density at radius 2 is 1.91 bits per heavy atom. The molecule has 1 saturated carbocycles. The lowest BCUT2D eigenvalue weighted by Crippen LogP contribution is -2.24. The number of rotatable bonds is 1. The van der Waals surface area contributed by atoms with E-state index in [1.165, 1.54) is 0 Å². The first-order chi connectivity index (χ1) is 5.24. The Kier molecular flexibility index (Phi) is 2.88. The van der Waals surface area contributed by atoms with Gasteiger partial charge in [-0.2, -0.15) is 5.90 Å². The molecule has 0 spiro atoms. The highest BCUT2D eigenvalue weighted by Gasteiger charge is 2.24. The Morgan fingerprint density at radius 1 is 1.36 bits per heavy atom. The van der Waals surface area contributed by atoms with Gasteiger partial charge in [-0.25, -0.2) is 0 Å². The van der Waals surface area contributed by atoms with Crippen molar-refractivity contribution in [2.24, 2.45) is 17.7 Å². The fraction of sp³-hybridized carbons (Fsp3) is 0.875. The molecule has 11 heavy (non-hydrogen) atoms. The number of hydrogen-bond acceptors (Lipinski definition) is 3. The molecular weight excluding hydrogens is 142 g/mol. The van der Waals surface area contributed by atoms with Gasteiger partial charge in [0.2, 0.25) is 0 Å². The largest absolute Gasteiger partial charge is 0.373 e. The SMILES string of the molecule is CC1CCC(C(=O)ON)CC1. The number of carbonyl (C=O) groups excluding carboxylic acids is 1. The van der Waals surface area contributed by atoms with Crippen molar-refractivity contribution >= 4 is 5.97 Å². The molecule has 0 saturated heterocycles. The molecule has 2 N–H and O–H groups in total. The summed E-state index contributed by atoms with van der Waals surface area (Å²) in [6, 6.07) is 0. The van der Waals surface area contributed by atoms with Gasteiger partial charge in [0.25, 0.3) is 0 Å². The van der Waals surface area contributed by atoms with Crippen LogP contribution in [0.4, 0.5) is 0 Å².